The molecule has 2 aromatic rings. The molecule has 0 bridgehead atoms. The summed E-state index contributed by atoms with van der Waals surface area (Å²) < 4.78 is 44.3. The number of primary amides is 1. The summed E-state index contributed by atoms with van der Waals surface area (Å²) in [5.41, 5.74) is 6.32. The third-order valence-corrected chi connectivity index (χ3v) is 6.62. The Morgan fingerprint density at radius 3 is 2.39 bits per heavy atom. The van der Waals surface area contributed by atoms with Gasteiger partial charge < -0.3 is 19.9 Å². The molecule has 1 aliphatic heterocycles. The molecule has 0 spiro atoms. The van der Waals surface area contributed by atoms with Crippen LogP contribution in [0.3, 0.4) is 0 Å². The van der Waals surface area contributed by atoms with Gasteiger partial charge in [0.2, 0.25) is 10.0 Å². The predicted molar refractivity (Wildman–Crippen MR) is 115 cm³/mol. The fourth-order valence-electron chi connectivity index (χ4n) is 3.49. The summed E-state index contributed by atoms with van der Waals surface area (Å²) in [4.78, 5) is 13.8. The highest BCUT2D eigenvalue weighted by atomic mass is 32.2. The second-order valence-corrected chi connectivity index (χ2v) is 8.78. The second-order valence-electron chi connectivity index (χ2n) is 7.02. The van der Waals surface area contributed by atoms with Gasteiger partial charge >= 0.3 is 0 Å². The summed E-state index contributed by atoms with van der Waals surface area (Å²) in [7, 11) is -0.912. The highest BCUT2D eigenvalue weighted by Gasteiger charge is 2.26. The molecular formula is C21H27N3O6S. The number of nitrogens with zero attached hydrogens (tertiary/aromatic N) is 1. The minimum atomic E-state index is -3.89. The predicted octanol–water partition coefficient (Wildman–Crippen LogP) is 1.15. The van der Waals surface area contributed by atoms with E-state index in [1.807, 2.05) is 24.3 Å². The van der Waals surface area contributed by atoms with Crippen molar-refractivity contribution >= 4 is 15.9 Å². The van der Waals surface area contributed by atoms with Crippen LogP contribution in [0.25, 0.3) is 0 Å². The number of amides is 1. The van der Waals surface area contributed by atoms with Crippen molar-refractivity contribution in [1.29, 1.82) is 0 Å². The number of sulfonamides is 1. The van der Waals surface area contributed by atoms with E-state index < -0.39 is 15.9 Å². The maximum absolute atomic E-state index is 13.0. The van der Waals surface area contributed by atoms with Gasteiger partial charge in [-0.1, -0.05) is 12.1 Å². The molecule has 2 aromatic carbocycles. The first kappa shape index (κ1) is 23.0. The number of hydrogen-bond donors (Lipinski definition) is 2. The summed E-state index contributed by atoms with van der Waals surface area (Å²) in [6.07, 6.45) is 0. The molecule has 1 saturated heterocycles. The van der Waals surface area contributed by atoms with E-state index in [4.69, 9.17) is 19.9 Å². The van der Waals surface area contributed by atoms with Crippen LogP contribution in [0.15, 0.2) is 47.4 Å². The van der Waals surface area contributed by atoms with Gasteiger partial charge in [0.15, 0.2) is 0 Å². The Morgan fingerprint density at radius 2 is 1.81 bits per heavy atom. The molecule has 0 aliphatic carbocycles. The van der Waals surface area contributed by atoms with Gasteiger partial charge in [0.05, 0.1) is 37.9 Å². The lowest BCUT2D eigenvalue weighted by atomic mass is 10.0. The largest absolute Gasteiger partial charge is 0.497 e. The number of methoxy groups -OCH3 is 2. The van der Waals surface area contributed by atoms with Crippen LogP contribution in [0.1, 0.15) is 22.0 Å². The standard InChI is InChI=1S/C21H27N3O6S/c1-28-16-5-3-15(4-6-16)19(24-9-11-30-12-10-24)14-23-31(26,27)17-7-8-20(29-2)18(13-17)21(22)25/h3-8,13,19,23H,9-12,14H2,1-2H3,(H2,22,25). The number of rotatable bonds is 9. The molecule has 1 heterocycles. The van der Waals surface area contributed by atoms with Crippen molar-refractivity contribution in [3.8, 4) is 11.5 Å². The lowest BCUT2D eigenvalue weighted by Gasteiger charge is -2.35. The molecule has 1 aliphatic rings. The van der Waals surface area contributed by atoms with E-state index >= 15 is 0 Å². The molecule has 0 saturated carbocycles. The average molecular weight is 450 g/mol. The van der Waals surface area contributed by atoms with Gasteiger partial charge in [-0.25, -0.2) is 13.1 Å². The first-order valence-corrected chi connectivity index (χ1v) is 11.3. The first-order chi connectivity index (χ1) is 14.9. The number of nitrogens with one attached hydrogen (secondary N) is 1. The van der Waals surface area contributed by atoms with E-state index in [0.29, 0.717) is 26.3 Å². The van der Waals surface area contributed by atoms with Crippen LogP contribution < -0.4 is 19.9 Å². The zero-order valence-electron chi connectivity index (χ0n) is 17.5. The monoisotopic (exact) mass is 449 g/mol. The Labute approximate surface area is 182 Å². The van der Waals surface area contributed by atoms with Gasteiger partial charge in [-0.15, -0.1) is 0 Å². The topological polar surface area (TPSA) is 120 Å². The van der Waals surface area contributed by atoms with Crippen molar-refractivity contribution in [2.24, 2.45) is 5.73 Å². The molecule has 9 nitrogen and oxygen atoms in total. The lowest BCUT2D eigenvalue weighted by molar-refractivity contribution is 0.0172. The van der Waals surface area contributed by atoms with E-state index in [1.54, 1.807) is 7.11 Å². The molecule has 31 heavy (non-hydrogen) atoms. The number of ether oxygens (including phenoxy) is 3. The number of nitrogens with two attached hydrogens (primary N) is 1. The maximum Gasteiger partial charge on any atom is 0.252 e. The van der Waals surface area contributed by atoms with Crippen molar-refractivity contribution in [2.45, 2.75) is 10.9 Å². The van der Waals surface area contributed by atoms with Crippen LogP contribution in [-0.4, -0.2) is 66.3 Å². The van der Waals surface area contributed by atoms with Gasteiger partial charge in [-0.2, -0.15) is 0 Å². The minimum Gasteiger partial charge on any atom is -0.497 e. The Balaban J connectivity index is 1.84. The summed E-state index contributed by atoms with van der Waals surface area (Å²) in [6, 6.07) is 11.4. The van der Waals surface area contributed by atoms with Crippen molar-refractivity contribution < 1.29 is 27.4 Å². The molecular weight excluding hydrogens is 422 g/mol. The Hall–Kier alpha value is -2.66. The van der Waals surface area contributed by atoms with Crippen LogP contribution in [0.5, 0.6) is 11.5 Å². The van der Waals surface area contributed by atoms with Crippen molar-refractivity contribution in [2.75, 3.05) is 47.1 Å². The molecule has 0 radical (unpaired) electrons. The molecule has 0 aromatic heterocycles. The SMILES string of the molecule is COc1ccc(C(CNS(=O)(=O)c2ccc(OC)c(C(N)=O)c2)N2CCOCC2)cc1. The number of morpholine rings is 1. The fraction of sp³-hybridized carbons (Fsp3) is 0.381. The molecule has 3 rings (SSSR count). The van der Waals surface area contributed by atoms with Gasteiger partial charge in [0.25, 0.3) is 5.91 Å². The van der Waals surface area contributed by atoms with Crippen LogP contribution in [0.2, 0.25) is 0 Å². The van der Waals surface area contributed by atoms with Crippen LogP contribution >= 0.6 is 0 Å². The fourth-order valence-corrected chi connectivity index (χ4v) is 4.56. The van der Waals surface area contributed by atoms with Crippen molar-refractivity contribution in [1.82, 2.24) is 9.62 Å². The normalized spacial score (nSPS) is 15.9. The molecule has 3 N–H and O–H groups in total. The summed E-state index contributed by atoms with van der Waals surface area (Å²) in [6.45, 7) is 2.69. The lowest BCUT2D eigenvalue weighted by Crippen LogP contribution is -2.43. The average Bonchev–Trinajstić information content (AvgIpc) is 2.79. The summed E-state index contributed by atoms with van der Waals surface area (Å²) >= 11 is 0. The van der Waals surface area contributed by atoms with Gasteiger partial charge in [0, 0.05) is 25.7 Å². The molecule has 1 amide bonds. The first-order valence-electron chi connectivity index (χ1n) is 9.79. The van der Waals surface area contributed by atoms with E-state index in [9.17, 15) is 13.2 Å². The number of carbonyl (C=O) groups is 1. The third-order valence-electron chi connectivity index (χ3n) is 5.20. The zero-order valence-corrected chi connectivity index (χ0v) is 18.4. The quantitative estimate of drug-likeness (QED) is 0.589. The van der Waals surface area contributed by atoms with Gasteiger partial charge in [-0.3, -0.25) is 9.69 Å². The van der Waals surface area contributed by atoms with Crippen molar-refractivity contribution in [3.05, 3.63) is 53.6 Å². The highest BCUT2D eigenvalue weighted by molar-refractivity contribution is 7.89. The molecule has 1 atom stereocenters. The molecule has 10 heteroatoms. The minimum absolute atomic E-state index is 0.00487. The Bertz CT molecular complexity index is 1000. The summed E-state index contributed by atoms with van der Waals surface area (Å²) in [5, 5.41) is 0. The smallest absolute Gasteiger partial charge is 0.252 e. The van der Waals surface area contributed by atoms with Gasteiger partial charge in [0.1, 0.15) is 11.5 Å². The van der Waals surface area contributed by atoms with Gasteiger partial charge in [-0.05, 0) is 35.9 Å². The zero-order chi connectivity index (χ0) is 22.4. The second kappa shape index (κ2) is 10.1. The van der Waals surface area contributed by atoms with Crippen LogP contribution in [0, 0.1) is 0 Å². The van der Waals surface area contributed by atoms with E-state index in [-0.39, 0.29) is 28.8 Å². The Morgan fingerprint density at radius 1 is 1.13 bits per heavy atom. The number of benzene rings is 2. The summed E-state index contributed by atoms with van der Waals surface area (Å²) in [5.74, 6) is 0.177. The van der Waals surface area contributed by atoms with Crippen LogP contribution in [-0.2, 0) is 14.8 Å². The molecule has 1 fully saturated rings. The number of carbonyl (C=O) groups excluding carboxylic acids is 1. The van der Waals surface area contributed by atoms with E-state index in [0.717, 1.165) is 11.3 Å². The third kappa shape index (κ3) is 5.53. The Kier molecular flexibility index (Phi) is 7.50. The van der Waals surface area contributed by atoms with Crippen molar-refractivity contribution in [3.63, 3.8) is 0 Å². The highest BCUT2D eigenvalue weighted by Crippen LogP contribution is 2.25. The molecule has 1 unspecified atom stereocenters. The number of hydrogen-bond acceptors (Lipinski definition) is 7. The molecule has 168 valence electrons. The van der Waals surface area contributed by atoms with E-state index in [1.165, 1.54) is 25.3 Å². The maximum atomic E-state index is 13.0. The van der Waals surface area contributed by atoms with Crippen LogP contribution in [0.4, 0.5) is 0 Å². The van der Waals surface area contributed by atoms with E-state index in [2.05, 4.69) is 9.62 Å².